The Kier molecular flexibility index (Phi) is 7.71. The molecule has 3 heteroatoms. The van der Waals surface area contributed by atoms with Crippen molar-refractivity contribution in [1.82, 2.24) is 0 Å². The fourth-order valence-electron chi connectivity index (χ4n) is 0. The second-order valence-electron chi connectivity index (χ2n) is 0.606. The molecule has 0 fully saturated rings. The minimum absolute atomic E-state index is 0. The molecule has 0 spiro atoms. The SMILES string of the molecule is C=CC(N)=O.[Au]. The molecule has 0 rings (SSSR count). The van der Waals surface area contributed by atoms with Gasteiger partial charge in [0.2, 0.25) is 5.91 Å². The molecule has 6 heavy (non-hydrogen) atoms. The third-order valence-electron chi connectivity index (χ3n) is 0.201. The van der Waals surface area contributed by atoms with Gasteiger partial charge in [-0.1, -0.05) is 6.58 Å². The second-order valence-corrected chi connectivity index (χ2v) is 0.606. The van der Waals surface area contributed by atoms with E-state index in [0.717, 1.165) is 6.08 Å². The van der Waals surface area contributed by atoms with E-state index in [4.69, 9.17) is 0 Å². The fraction of sp³-hybridized carbons (Fsp3) is 0. The van der Waals surface area contributed by atoms with Gasteiger partial charge >= 0.3 is 0 Å². The van der Waals surface area contributed by atoms with E-state index in [1.165, 1.54) is 0 Å². The van der Waals surface area contributed by atoms with Crippen LogP contribution in [0.2, 0.25) is 0 Å². The van der Waals surface area contributed by atoms with Crippen molar-refractivity contribution >= 4 is 5.91 Å². The predicted octanol–water partition coefficient (Wildman–Crippen LogP) is -0.345. The van der Waals surface area contributed by atoms with Crippen LogP contribution in [0.15, 0.2) is 12.7 Å². The first-order valence-electron chi connectivity index (χ1n) is 1.19. The van der Waals surface area contributed by atoms with Gasteiger partial charge < -0.3 is 5.73 Å². The molecule has 0 heterocycles. The Morgan fingerprint density at radius 2 is 2.00 bits per heavy atom. The number of carbonyl (C=O) groups excluding carboxylic acids is 1. The zero-order chi connectivity index (χ0) is 4.28. The molecule has 1 radical (unpaired) electrons. The normalized spacial score (nSPS) is 5.33. The van der Waals surface area contributed by atoms with Crippen LogP contribution in [-0.4, -0.2) is 5.91 Å². The topological polar surface area (TPSA) is 43.1 Å². The maximum absolute atomic E-state index is 9.47. The average molecular weight is 268 g/mol. The first-order chi connectivity index (χ1) is 2.27. The van der Waals surface area contributed by atoms with E-state index in [1.807, 2.05) is 0 Å². The second kappa shape index (κ2) is 4.95. The summed E-state index contributed by atoms with van der Waals surface area (Å²) in [6, 6.07) is 0. The molecule has 0 bridgehead atoms. The maximum atomic E-state index is 9.47. The molecule has 0 aromatic rings. The van der Waals surface area contributed by atoms with E-state index in [9.17, 15) is 4.79 Å². The van der Waals surface area contributed by atoms with Crippen LogP contribution < -0.4 is 5.73 Å². The molecule has 0 saturated carbocycles. The van der Waals surface area contributed by atoms with Crippen molar-refractivity contribution in [3.8, 4) is 0 Å². The Morgan fingerprint density at radius 1 is 1.83 bits per heavy atom. The number of nitrogens with two attached hydrogens (primary N) is 1. The summed E-state index contributed by atoms with van der Waals surface area (Å²) in [5.41, 5.74) is 4.53. The molecule has 0 aromatic carbocycles. The molecule has 1 amide bonds. The predicted molar refractivity (Wildman–Crippen MR) is 19.4 cm³/mol. The van der Waals surface area contributed by atoms with Gasteiger partial charge in [0.1, 0.15) is 0 Å². The van der Waals surface area contributed by atoms with Gasteiger partial charge in [-0.25, -0.2) is 0 Å². The summed E-state index contributed by atoms with van der Waals surface area (Å²) in [6.07, 6.45) is 1.06. The minimum Gasteiger partial charge on any atom is -0.366 e. The van der Waals surface area contributed by atoms with Gasteiger partial charge in [-0.15, -0.1) is 0 Å². The van der Waals surface area contributed by atoms with Gasteiger partial charge in [0.15, 0.2) is 0 Å². The van der Waals surface area contributed by atoms with Crippen LogP contribution in [0.3, 0.4) is 0 Å². The molecule has 2 N–H and O–H groups in total. The Bertz CT molecular complexity index is 61.8. The molecule has 0 unspecified atom stereocenters. The number of carbonyl (C=O) groups is 1. The van der Waals surface area contributed by atoms with Crippen molar-refractivity contribution in [3.05, 3.63) is 12.7 Å². The Morgan fingerprint density at radius 3 is 2.00 bits per heavy atom. The first kappa shape index (κ1) is 9.34. The zero-order valence-corrected chi connectivity index (χ0v) is 5.24. The number of amides is 1. The van der Waals surface area contributed by atoms with Crippen molar-refractivity contribution in [2.75, 3.05) is 0 Å². The van der Waals surface area contributed by atoms with E-state index >= 15 is 0 Å². The molecule has 0 aliphatic carbocycles. The smallest absolute Gasteiger partial charge is 0.240 e. The molecule has 0 aromatic heterocycles. The molecule has 0 aliphatic rings. The quantitative estimate of drug-likeness (QED) is 0.513. The van der Waals surface area contributed by atoms with Crippen molar-refractivity contribution in [2.45, 2.75) is 0 Å². The van der Waals surface area contributed by atoms with E-state index in [2.05, 4.69) is 12.3 Å². The molecular formula is C3H5AuNO. The van der Waals surface area contributed by atoms with Crippen molar-refractivity contribution in [1.29, 1.82) is 0 Å². The summed E-state index contributed by atoms with van der Waals surface area (Å²) in [7, 11) is 0. The van der Waals surface area contributed by atoms with Crippen LogP contribution >= 0.6 is 0 Å². The third kappa shape index (κ3) is 9.04. The van der Waals surface area contributed by atoms with E-state index in [1.54, 1.807) is 0 Å². The fourth-order valence-corrected chi connectivity index (χ4v) is 0. The van der Waals surface area contributed by atoms with Gasteiger partial charge in [-0.2, -0.15) is 0 Å². The Hall–Kier alpha value is -0.0497. The summed E-state index contributed by atoms with van der Waals surface area (Å²) >= 11 is 0. The van der Waals surface area contributed by atoms with Crippen molar-refractivity contribution < 1.29 is 27.2 Å². The average Bonchev–Trinajstić information content (AvgIpc) is 1.38. The zero-order valence-electron chi connectivity index (χ0n) is 3.07. The summed E-state index contributed by atoms with van der Waals surface area (Å²) in [5, 5.41) is 0. The van der Waals surface area contributed by atoms with Crippen molar-refractivity contribution in [3.63, 3.8) is 0 Å². The summed E-state index contributed by atoms with van der Waals surface area (Å²) in [4.78, 5) is 9.47. The van der Waals surface area contributed by atoms with Crippen LogP contribution in [0.1, 0.15) is 0 Å². The molecule has 0 saturated heterocycles. The largest absolute Gasteiger partial charge is 0.366 e. The standard InChI is InChI=1S/C3H5NO.Au/c1-2-3(4)5;/h2H,1H2,(H2,4,5);. The summed E-state index contributed by atoms with van der Waals surface area (Å²) in [5.74, 6) is -0.481. The van der Waals surface area contributed by atoms with Gasteiger partial charge in [0, 0.05) is 22.4 Å². The molecule has 0 aliphatic heterocycles. The van der Waals surface area contributed by atoms with Crippen LogP contribution in [0.4, 0.5) is 0 Å². The summed E-state index contributed by atoms with van der Waals surface area (Å²) < 4.78 is 0. The van der Waals surface area contributed by atoms with Gasteiger partial charge in [0.05, 0.1) is 0 Å². The van der Waals surface area contributed by atoms with Gasteiger partial charge in [-0.3, -0.25) is 4.79 Å². The maximum Gasteiger partial charge on any atom is 0.240 e. The van der Waals surface area contributed by atoms with Gasteiger partial charge in [-0.05, 0) is 6.08 Å². The van der Waals surface area contributed by atoms with E-state index < -0.39 is 5.91 Å². The first-order valence-corrected chi connectivity index (χ1v) is 1.19. The van der Waals surface area contributed by atoms with E-state index in [0.29, 0.717) is 0 Å². The Labute approximate surface area is 51.9 Å². The van der Waals surface area contributed by atoms with Crippen LogP contribution in [0.25, 0.3) is 0 Å². The molecule has 0 atom stereocenters. The monoisotopic (exact) mass is 268 g/mol. The van der Waals surface area contributed by atoms with Crippen LogP contribution in [0, 0.1) is 0 Å². The van der Waals surface area contributed by atoms with Crippen LogP contribution in [-0.2, 0) is 27.2 Å². The van der Waals surface area contributed by atoms with Gasteiger partial charge in [0.25, 0.3) is 0 Å². The summed E-state index contributed by atoms with van der Waals surface area (Å²) in [6.45, 7) is 3.09. The molecule has 39 valence electrons. The molecule has 2 nitrogen and oxygen atoms in total. The third-order valence-corrected chi connectivity index (χ3v) is 0.201. The minimum atomic E-state index is -0.481. The Balaban J connectivity index is 0. The van der Waals surface area contributed by atoms with E-state index in [-0.39, 0.29) is 22.4 Å². The van der Waals surface area contributed by atoms with Crippen LogP contribution in [0.5, 0.6) is 0 Å². The number of hydrogen-bond donors (Lipinski definition) is 1. The molecular weight excluding hydrogens is 263 g/mol. The number of hydrogen-bond acceptors (Lipinski definition) is 1. The number of primary amides is 1. The number of rotatable bonds is 1. The van der Waals surface area contributed by atoms with Crippen molar-refractivity contribution in [2.24, 2.45) is 5.73 Å².